The Morgan fingerprint density at radius 2 is 1.48 bits per heavy atom. The first-order valence-electron chi connectivity index (χ1n) is 8.63. The highest BCUT2D eigenvalue weighted by Gasteiger charge is 2.12. The average Bonchev–Trinajstić information content (AvgIpc) is 3.30. The zero-order chi connectivity index (χ0) is 19.8. The summed E-state index contributed by atoms with van der Waals surface area (Å²) in [6.45, 7) is 0. The molecule has 0 aliphatic carbocycles. The third kappa shape index (κ3) is 3.43. The monoisotopic (exact) mass is 406 g/mol. The molecular formula is C20H12F2N6S. The van der Waals surface area contributed by atoms with Crippen LogP contribution in [0.25, 0.3) is 27.5 Å². The van der Waals surface area contributed by atoms with Crippen molar-refractivity contribution in [2.45, 2.75) is 0 Å². The standard InChI is InChI=1S/C20H12F2N6S/c21-14-5-1-12(2-6-14)16-9-10-18(26-25-16)23-19-24-20-28(27-19)17(11-29-20)13-3-7-15(22)8-4-13/h1-11H,(H,23,26,27). The number of hydrogen-bond donors (Lipinski definition) is 1. The van der Waals surface area contributed by atoms with Crippen LogP contribution >= 0.6 is 11.3 Å². The predicted molar refractivity (Wildman–Crippen MR) is 107 cm³/mol. The summed E-state index contributed by atoms with van der Waals surface area (Å²) >= 11 is 1.43. The summed E-state index contributed by atoms with van der Waals surface area (Å²) in [6, 6.07) is 15.8. The van der Waals surface area contributed by atoms with Crippen LogP contribution in [-0.2, 0) is 0 Å². The van der Waals surface area contributed by atoms with Crippen LogP contribution in [0.2, 0.25) is 0 Å². The highest BCUT2D eigenvalue weighted by atomic mass is 32.1. The van der Waals surface area contributed by atoms with E-state index in [2.05, 4.69) is 25.6 Å². The molecule has 9 heteroatoms. The lowest BCUT2D eigenvalue weighted by atomic mass is 10.1. The highest BCUT2D eigenvalue weighted by molar-refractivity contribution is 7.15. The van der Waals surface area contributed by atoms with E-state index in [1.54, 1.807) is 40.9 Å². The molecule has 0 bridgehead atoms. The molecule has 0 amide bonds. The van der Waals surface area contributed by atoms with Crippen LogP contribution in [0.1, 0.15) is 0 Å². The van der Waals surface area contributed by atoms with Gasteiger partial charge in [-0.3, -0.25) is 0 Å². The summed E-state index contributed by atoms with van der Waals surface area (Å²) < 4.78 is 27.9. The molecule has 0 aliphatic rings. The van der Waals surface area contributed by atoms with Crippen LogP contribution in [0.4, 0.5) is 20.5 Å². The molecule has 5 aromatic rings. The minimum Gasteiger partial charge on any atom is -0.306 e. The molecule has 3 aromatic heterocycles. The van der Waals surface area contributed by atoms with Gasteiger partial charge in [0.1, 0.15) is 11.6 Å². The molecule has 142 valence electrons. The Morgan fingerprint density at radius 1 is 0.793 bits per heavy atom. The molecule has 0 fully saturated rings. The summed E-state index contributed by atoms with van der Waals surface area (Å²) in [6.07, 6.45) is 0. The van der Waals surface area contributed by atoms with Gasteiger partial charge in [-0.15, -0.1) is 26.6 Å². The minimum atomic E-state index is -0.300. The molecule has 0 unspecified atom stereocenters. The van der Waals surface area contributed by atoms with Crippen molar-refractivity contribution in [3.05, 3.63) is 77.7 Å². The molecule has 0 spiro atoms. The van der Waals surface area contributed by atoms with E-state index in [0.29, 0.717) is 22.4 Å². The summed E-state index contributed by atoms with van der Waals surface area (Å²) in [7, 11) is 0. The number of halogens is 2. The van der Waals surface area contributed by atoms with E-state index < -0.39 is 0 Å². The van der Waals surface area contributed by atoms with Gasteiger partial charge >= 0.3 is 0 Å². The molecule has 0 saturated carbocycles. The van der Waals surface area contributed by atoms with Crippen molar-refractivity contribution in [1.29, 1.82) is 0 Å². The predicted octanol–water partition coefficient (Wildman–Crippen LogP) is 4.94. The maximum atomic E-state index is 13.2. The first-order chi connectivity index (χ1) is 14.2. The van der Waals surface area contributed by atoms with Crippen LogP contribution in [0.15, 0.2) is 66.0 Å². The van der Waals surface area contributed by atoms with Gasteiger partial charge in [-0.25, -0.2) is 13.3 Å². The Morgan fingerprint density at radius 3 is 2.14 bits per heavy atom. The molecule has 1 N–H and O–H groups in total. The lowest BCUT2D eigenvalue weighted by Gasteiger charge is -2.03. The van der Waals surface area contributed by atoms with Crippen LogP contribution < -0.4 is 5.32 Å². The maximum Gasteiger partial charge on any atom is 0.249 e. The normalized spacial score (nSPS) is 11.1. The SMILES string of the molecule is Fc1ccc(-c2ccc(Nc3nc4scc(-c5ccc(F)cc5)n4n3)nn2)cc1. The van der Waals surface area contributed by atoms with Gasteiger partial charge in [-0.05, 0) is 60.7 Å². The number of nitrogens with one attached hydrogen (secondary N) is 1. The maximum absolute atomic E-state index is 13.2. The molecule has 6 nitrogen and oxygen atoms in total. The highest BCUT2D eigenvalue weighted by Crippen LogP contribution is 2.26. The molecule has 29 heavy (non-hydrogen) atoms. The quantitative estimate of drug-likeness (QED) is 0.458. The van der Waals surface area contributed by atoms with Gasteiger partial charge in [0.05, 0.1) is 11.4 Å². The second-order valence-corrected chi connectivity index (χ2v) is 7.03. The number of hydrogen-bond acceptors (Lipinski definition) is 6. The number of benzene rings is 2. The van der Waals surface area contributed by atoms with E-state index in [0.717, 1.165) is 16.8 Å². The topological polar surface area (TPSA) is 68.0 Å². The van der Waals surface area contributed by atoms with E-state index in [-0.39, 0.29) is 11.6 Å². The van der Waals surface area contributed by atoms with Crippen LogP contribution in [0.5, 0.6) is 0 Å². The Kier molecular flexibility index (Phi) is 4.21. The fourth-order valence-electron chi connectivity index (χ4n) is 2.84. The lowest BCUT2D eigenvalue weighted by molar-refractivity contribution is 0.627. The Hall–Kier alpha value is -3.72. The third-order valence-corrected chi connectivity index (χ3v) is 5.08. The van der Waals surface area contributed by atoms with Gasteiger partial charge in [0.25, 0.3) is 0 Å². The van der Waals surface area contributed by atoms with Crippen molar-refractivity contribution in [2.75, 3.05) is 5.32 Å². The first-order valence-corrected chi connectivity index (χ1v) is 9.50. The van der Waals surface area contributed by atoms with Crippen LogP contribution in [0.3, 0.4) is 0 Å². The number of anilines is 2. The van der Waals surface area contributed by atoms with Crippen molar-refractivity contribution in [3.63, 3.8) is 0 Å². The molecule has 0 aliphatic heterocycles. The lowest BCUT2D eigenvalue weighted by Crippen LogP contribution is -1.98. The van der Waals surface area contributed by atoms with Crippen molar-refractivity contribution in [1.82, 2.24) is 24.8 Å². The van der Waals surface area contributed by atoms with Gasteiger partial charge in [0, 0.05) is 16.5 Å². The second-order valence-electron chi connectivity index (χ2n) is 6.19. The van der Waals surface area contributed by atoms with E-state index in [9.17, 15) is 8.78 Å². The van der Waals surface area contributed by atoms with Gasteiger partial charge in [0.15, 0.2) is 5.82 Å². The van der Waals surface area contributed by atoms with Crippen LogP contribution in [-0.4, -0.2) is 24.8 Å². The molecular weight excluding hydrogens is 394 g/mol. The Labute approximate surface area is 167 Å². The van der Waals surface area contributed by atoms with E-state index >= 15 is 0 Å². The second kappa shape index (κ2) is 7.02. The molecule has 0 radical (unpaired) electrons. The molecule has 0 atom stereocenters. The minimum absolute atomic E-state index is 0.288. The largest absolute Gasteiger partial charge is 0.306 e. The molecule has 3 heterocycles. The number of nitrogens with zero attached hydrogens (tertiary/aromatic N) is 5. The van der Waals surface area contributed by atoms with Gasteiger partial charge in [0.2, 0.25) is 10.9 Å². The van der Waals surface area contributed by atoms with Crippen LogP contribution in [0, 0.1) is 11.6 Å². The summed E-state index contributed by atoms with van der Waals surface area (Å²) in [5, 5.41) is 17.7. The Bertz CT molecular complexity index is 1280. The average molecular weight is 406 g/mol. The van der Waals surface area contributed by atoms with E-state index in [4.69, 9.17) is 0 Å². The summed E-state index contributed by atoms with van der Waals surface area (Å²) in [5.41, 5.74) is 3.07. The smallest absolute Gasteiger partial charge is 0.249 e. The number of thiazole rings is 1. The van der Waals surface area contributed by atoms with E-state index in [1.807, 2.05) is 5.38 Å². The molecule has 5 rings (SSSR count). The van der Waals surface area contributed by atoms with Gasteiger partial charge < -0.3 is 5.32 Å². The van der Waals surface area contributed by atoms with Crippen molar-refractivity contribution in [3.8, 4) is 22.5 Å². The summed E-state index contributed by atoms with van der Waals surface area (Å²) in [5.74, 6) is 0.274. The Balaban J connectivity index is 1.39. The number of fused-ring (bicyclic) bond motifs is 1. The number of aromatic nitrogens is 5. The fraction of sp³-hybridized carbons (Fsp3) is 0. The van der Waals surface area contributed by atoms with Crippen molar-refractivity contribution < 1.29 is 8.78 Å². The molecule has 2 aromatic carbocycles. The van der Waals surface area contributed by atoms with Gasteiger partial charge in [-0.2, -0.15) is 4.98 Å². The fourth-order valence-corrected chi connectivity index (χ4v) is 3.67. The van der Waals surface area contributed by atoms with Crippen molar-refractivity contribution >= 4 is 28.1 Å². The van der Waals surface area contributed by atoms with Gasteiger partial charge in [-0.1, -0.05) is 0 Å². The number of rotatable bonds is 4. The molecule has 0 saturated heterocycles. The first kappa shape index (κ1) is 17.4. The zero-order valence-electron chi connectivity index (χ0n) is 14.8. The summed E-state index contributed by atoms with van der Waals surface area (Å²) in [4.78, 5) is 5.13. The van der Waals surface area contributed by atoms with E-state index in [1.165, 1.54) is 35.6 Å². The zero-order valence-corrected chi connectivity index (χ0v) is 15.6. The third-order valence-electron chi connectivity index (χ3n) is 4.27. The van der Waals surface area contributed by atoms with Crippen molar-refractivity contribution in [2.24, 2.45) is 0 Å².